The highest BCUT2D eigenvalue weighted by molar-refractivity contribution is 5.84. The molecule has 1 aromatic rings. The van der Waals surface area contributed by atoms with E-state index >= 15 is 0 Å². The van der Waals surface area contributed by atoms with Crippen molar-refractivity contribution >= 4 is 11.8 Å². The van der Waals surface area contributed by atoms with E-state index in [0.29, 0.717) is 32.5 Å². The van der Waals surface area contributed by atoms with E-state index in [4.69, 9.17) is 4.74 Å². The first-order valence-corrected chi connectivity index (χ1v) is 7.76. The van der Waals surface area contributed by atoms with Crippen molar-refractivity contribution in [3.63, 3.8) is 0 Å². The first-order chi connectivity index (χ1) is 10.5. The molecular formula is C15H20N4O3. The number of rotatable bonds is 2. The molecule has 3 aliphatic heterocycles. The minimum atomic E-state index is -0.554. The van der Waals surface area contributed by atoms with E-state index < -0.39 is 5.72 Å². The van der Waals surface area contributed by atoms with Gasteiger partial charge in [0.15, 0.2) is 5.72 Å². The topological polar surface area (TPSA) is 67.7 Å². The molecule has 0 unspecified atom stereocenters. The average molecular weight is 304 g/mol. The standard InChI is InChI=1S/C15H20N4O3/c1-10-7-11(2)19(16-10)9-14(21)17-4-3-15-12(17)8-13(20)18(15)5-6-22-15/h7,12H,3-6,8-9H2,1-2H3/t12-,15+/m1/s1. The second-order valence-corrected chi connectivity index (χ2v) is 6.38. The molecule has 1 aromatic heterocycles. The number of carbonyl (C=O) groups is 2. The van der Waals surface area contributed by atoms with Crippen molar-refractivity contribution < 1.29 is 14.3 Å². The molecular weight excluding hydrogens is 284 g/mol. The minimum Gasteiger partial charge on any atom is -0.351 e. The maximum absolute atomic E-state index is 12.7. The van der Waals surface area contributed by atoms with Crippen LogP contribution in [0.1, 0.15) is 24.2 Å². The molecule has 2 atom stereocenters. The SMILES string of the molecule is Cc1cc(C)n(CC(=O)N2CC[C@@]34OCCN3C(=O)C[C@@H]24)n1. The molecule has 1 spiro atoms. The fourth-order valence-corrected chi connectivity index (χ4v) is 4.14. The molecule has 0 saturated carbocycles. The van der Waals surface area contributed by atoms with E-state index in [9.17, 15) is 9.59 Å². The number of hydrogen-bond acceptors (Lipinski definition) is 4. The number of ether oxygens (including phenoxy) is 1. The van der Waals surface area contributed by atoms with Crippen LogP contribution in [0.25, 0.3) is 0 Å². The van der Waals surface area contributed by atoms with Crippen molar-refractivity contribution in [3.8, 4) is 0 Å². The summed E-state index contributed by atoms with van der Waals surface area (Å²) < 4.78 is 7.63. The Morgan fingerprint density at radius 3 is 3.00 bits per heavy atom. The molecule has 3 saturated heterocycles. The van der Waals surface area contributed by atoms with Crippen LogP contribution in [0, 0.1) is 13.8 Å². The summed E-state index contributed by atoms with van der Waals surface area (Å²) in [5.41, 5.74) is 1.33. The van der Waals surface area contributed by atoms with Gasteiger partial charge >= 0.3 is 0 Å². The zero-order valence-corrected chi connectivity index (χ0v) is 12.9. The van der Waals surface area contributed by atoms with Gasteiger partial charge in [0.25, 0.3) is 0 Å². The van der Waals surface area contributed by atoms with E-state index in [2.05, 4.69) is 5.10 Å². The van der Waals surface area contributed by atoms with Crippen molar-refractivity contribution in [2.24, 2.45) is 0 Å². The molecule has 7 nitrogen and oxygen atoms in total. The lowest BCUT2D eigenvalue weighted by molar-refractivity contribution is -0.140. The van der Waals surface area contributed by atoms with Gasteiger partial charge in [-0.1, -0.05) is 0 Å². The van der Waals surface area contributed by atoms with Crippen LogP contribution in [-0.4, -0.2) is 62.9 Å². The second-order valence-electron chi connectivity index (χ2n) is 6.38. The Morgan fingerprint density at radius 2 is 2.27 bits per heavy atom. The summed E-state index contributed by atoms with van der Waals surface area (Å²) in [4.78, 5) is 28.5. The van der Waals surface area contributed by atoms with Crippen LogP contribution in [0.15, 0.2) is 6.07 Å². The molecule has 7 heteroatoms. The Labute approximate surface area is 128 Å². The molecule has 0 aromatic carbocycles. The predicted octanol–water partition coefficient (Wildman–Crippen LogP) is 0.0596. The van der Waals surface area contributed by atoms with Crippen LogP contribution in [-0.2, 0) is 20.9 Å². The first kappa shape index (κ1) is 13.8. The highest BCUT2D eigenvalue weighted by atomic mass is 16.5. The summed E-state index contributed by atoms with van der Waals surface area (Å²) in [7, 11) is 0. The van der Waals surface area contributed by atoms with Gasteiger partial charge in [-0.2, -0.15) is 5.10 Å². The molecule has 3 fully saturated rings. The number of nitrogens with zero attached hydrogens (tertiary/aromatic N) is 4. The number of amides is 2. The molecule has 4 rings (SSSR count). The molecule has 118 valence electrons. The van der Waals surface area contributed by atoms with Crippen molar-refractivity contribution in [2.75, 3.05) is 19.7 Å². The zero-order valence-electron chi connectivity index (χ0n) is 12.9. The molecule has 0 radical (unpaired) electrons. The van der Waals surface area contributed by atoms with E-state index in [0.717, 1.165) is 11.4 Å². The fraction of sp³-hybridized carbons (Fsp3) is 0.667. The second kappa shape index (κ2) is 4.55. The van der Waals surface area contributed by atoms with Gasteiger partial charge in [0.2, 0.25) is 11.8 Å². The third-order valence-electron chi connectivity index (χ3n) is 5.11. The monoisotopic (exact) mass is 304 g/mol. The Kier molecular flexibility index (Phi) is 2.84. The van der Waals surface area contributed by atoms with Crippen LogP contribution in [0.3, 0.4) is 0 Å². The summed E-state index contributed by atoms with van der Waals surface area (Å²) >= 11 is 0. The number of likely N-dealkylation sites (tertiary alicyclic amines) is 1. The Morgan fingerprint density at radius 1 is 1.45 bits per heavy atom. The summed E-state index contributed by atoms with van der Waals surface area (Å²) in [6, 6.07) is 1.81. The van der Waals surface area contributed by atoms with Gasteiger partial charge in [0.05, 0.1) is 24.8 Å². The van der Waals surface area contributed by atoms with Gasteiger partial charge in [-0.25, -0.2) is 0 Å². The maximum atomic E-state index is 12.7. The third kappa shape index (κ3) is 1.75. The Balaban J connectivity index is 1.55. The van der Waals surface area contributed by atoms with Gasteiger partial charge < -0.3 is 14.5 Å². The maximum Gasteiger partial charge on any atom is 0.244 e. The van der Waals surface area contributed by atoms with Gasteiger partial charge in [0.1, 0.15) is 6.54 Å². The Bertz CT molecular complexity index is 655. The fourth-order valence-electron chi connectivity index (χ4n) is 4.14. The van der Waals surface area contributed by atoms with E-state index in [-0.39, 0.29) is 24.4 Å². The van der Waals surface area contributed by atoms with Gasteiger partial charge in [0, 0.05) is 25.2 Å². The quantitative estimate of drug-likeness (QED) is 0.775. The highest BCUT2D eigenvalue weighted by Crippen LogP contribution is 2.45. The van der Waals surface area contributed by atoms with Crippen molar-refractivity contribution in [1.29, 1.82) is 0 Å². The summed E-state index contributed by atoms with van der Waals surface area (Å²) in [5, 5.41) is 4.35. The molecule has 0 aliphatic carbocycles. The zero-order chi connectivity index (χ0) is 15.5. The summed E-state index contributed by atoms with van der Waals surface area (Å²) in [6.45, 7) is 5.95. The van der Waals surface area contributed by atoms with Gasteiger partial charge in [-0.3, -0.25) is 14.3 Å². The Hall–Kier alpha value is -1.89. The van der Waals surface area contributed by atoms with Gasteiger partial charge in [-0.15, -0.1) is 0 Å². The number of aromatic nitrogens is 2. The van der Waals surface area contributed by atoms with Crippen molar-refractivity contribution in [1.82, 2.24) is 19.6 Å². The summed E-state index contributed by atoms with van der Waals surface area (Å²) in [6.07, 6.45) is 1.09. The molecule has 3 aliphatic rings. The average Bonchev–Trinajstić information content (AvgIpc) is 3.15. The third-order valence-corrected chi connectivity index (χ3v) is 5.11. The lowest BCUT2D eigenvalue weighted by Crippen LogP contribution is -2.49. The molecule has 2 amide bonds. The minimum absolute atomic E-state index is 0.0122. The molecule has 4 heterocycles. The lowest BCUT2D eigenvalue weighted by Gasteiger charge is -2.31. The number of aryl methyl sites for hydroxylation is 2. The molecule has 0 N–H and O–H groups in total. The predicted molar refractivity (Wildman–Crippen MR) is 76.8 cm³/mol. The van der Waals surface area contributed by atoms with Crippen molar-refractivity contribution in [3.05, 3.63) is 17.5 Å². The van der Waals surface area contributed by atoms with Crippen molar-refractivity contribution in [2.45, 2.75) is 45.0 Å². The van der Waals surface area contributed by atoms with Crippen LogP contribution in [0.4, 0.5) is 0 Å². The highest BCUT2D eigenvalue weighted by Gasteiger charge is 2.62. The van der Waals surface area contributed by atoms with Crippen LogP contribution >= 0.6 is 0 Å². The molecule has 0 bridgehead atoms. The van der Waals surface area contributed by atoms with E-state index in [1.54, 1.807) is 4.68 Å². The number of carbonyl (C=O) groups excluding carboxylic acids is 2. The normalized spacial score (nSPS) is 30.1. The van der Waals surface area contributed by atoms with Crippen LogP contribution in [0.5, 0.6) is 0 Å². The smallest absolute Gasteiger partial charge is 0.244 e. The number of hydrogen-bond donors (Lipinski definition) is 0. The van der Waals surface area contributed by atoms with Crippen LogP contribution < -0.4 is 0 Å². The lowest BCUT2D eigenvalue weighted by atomic mass is 10.1. The van der Waals surface area contributed by atoms with Crippen LogP contribution in [0.2, 0.25) is 0 Å². The largest absolute Gasteiger partial charge is 0.351 e. The summed E-state index contributed by atoms with van der Waals surface area (Å²) in [5.74, 6) is 0.115. The van der Waals surface area contributed by atoms with E-state index in [1.807, 2.05) is 29.7 Å². The van der Waals surface area contributed by atoms with E-state index in [1.165, 1.54) is 0 Å². The first-order valence-electron chi connectivity index (χ1n) is 7.76. The molecule has 22 heavy (non-hydrogen) atoms. The van der Waals surface area contributed by atoms with Gasteiger partial charge in [-0.05, 0) is 19.9 Å².